The maximum Gasteiger partial charge on any atom is 0.262 e. The number of nitrogens with one attached hydrogen (secondary N) is 1. The van der Waals surface area contributed by atoms with Crippen molar-refractivity contribution in [1.29, 1.82) is 0 Å². The van der Waals surface area contributed by atoms with E-state index in [1.165, 1.54) is 6.07 Å². The maximum atomic E-state index is 11.9. The SMILES string of the molecule is Cn1ccnc1Sc1ccc(NC(=O)COc2ccccc2O)cc1. The van der Waals surface area contributed by atoms with Gasteiger partial charge < -0.3 is 19.7 Å². The van der Waals surface area contributed by atoms with Gasteiger partial charge in [-0.25, -0.2) is 4.98 Å². The molecule has 0 spiro atoms. The molecule has 0 radical (unpaired) electrons. The lowest BCUT2D eigenvalue weighted by atomic mass is 10.3. The first-order chi connectivity index (χ1) is 12.1. The second-order valence-electron chi connectivity index (χ2n) is 5.25. The van der Waals surface area contributed by atoms with Crippen molar-refractivity contribution in [3.05, 3.63) is 60.9 Å². The minimum absolute atomic E-state index is 0.00552. The molecule has 0 fully saturated rings. The van der Waals surface area contributed by atoms with Crippen molar-refractivity contribution in [2.24, 2.45) is 7.05 Å². The minimum Gasteiger partial charge on any atom is -0.504 e. The molecule has 0 unspecified atom stereocenters. The highest BCUT2D eigenvalue weighted by molar-refractivity contribution is 7.99. The molecule has 0 aliphatic carbocycles. The van der Waals surface area contributed by atoms with Crippen LogP contribution in [0.1, 0.15) is 0 Å². The molecular formula is C18H17N3O3S. The van der Waals surface area contributed by atoms with Crippen molar-refractivity contribution in [3.8, 4) is 11.5 Å². The quantitative estimate of drug-likeness (QED) is 0.709. The molecule has 2 N–H and O–H groups in total. The highest BCUT2D eigenvalue weighted by Gasteiger charge is 2.07. The summed E-state index contributed by atoms with van der Waals surface area (Å²) in [5, 5.41) is 13.3. The molecule has 1 aromatic heterocycles. The Morgan fingerprint density at radius 1 is 1.24 bits per heavy atom. The van der Waals surface area contributed by atoms with Crippen LogP contribution in [0.15, 0.2) is 71.0 Å². The number of carbonyl (C=O) groups excluding carboxylic acids is 1. The average Bonchev–Trinajstić information content (AvgIpc) is 3.01. The number of rotatable bonds is 6. The lowest BCUT2D eigenvalue weighted by molar-refractivity contribution is -0.118. The van der Waals surface area contributed by atoms with Gasteiger partial charge in [0.15, 0.2) is 23.3 Å². The lowest BCUT2D eigenvalue weighted by Crippen LogP contribution is -2.20. The molecule has 3 aromatic rings. The molecule has 1 heterocycles. The van der Waals surface area contributed by atoms with Gasteiger partial charge in [0.05, 0.1) is 0 Å². The average molecular weight is 355 g/mol. The van der Waals surface area contributed by atoms with Crippen LogP contribution < -0.4 is 10.1 Å². The van der Waals surface area contributed by atoms with E-state index in [1.54, 1.807) is 36.2 Å². The normalized spacial score (nSPS) is 10.4. The highest BCUT2D eigenvalue weighted by Crippen LogP contribution is 2.27. The molecule has 6 nitrogen and oxygen atoms in total. The predicted molar refractivity (Wildman–Crippen MR) is 96.0 cm³/mol. The second-order valence-corrected chi connectivity index (χ2v) is 6.29. The topological polar surface area (TPSA) is 76.4 Å². The molecule has 0 saturated carbocycles. The number of hydrogen-bond acceptors (Lipinski definition) is 5. The Morgan fingerprint density at radius 3 is 2.68 bits per heavy atom. The van der Waals surface area contributed by atoms with E-state index in [1.807, 2.05) is 42.1 Å². The van der Waals surface area contributed by atoms with E-state index in [4.69, 9.17) is 4.74 Å². The Bertz CT molecular complexity index is 862. The minimum atomic E-state index is -0.298. The third kappa shape index (κ3) is 4.54. The van der Waals surface area contributed by atoms with Gasteiger partial charge in [-0.15, -0.1) is 0 Å². The summed E-state index contributed by atoms with van der Waals surface area (Å²) in [5.41, 5.74) is 0.676. The van der Waals surface area contributed by atoms with Gasteiger partial charge in [0.25, 0.3) is 5.91 Å². The van der Waals surface area contributed by atoms with E-state index in [0.717, 1.165) is 10.1 Å². The van der Waals surface area contributed by atoms with Crippen LogP contribution in [-0.4, -0.2) is 27.2 Å². The van der Waals surface area contributed by atoms with Crippen molar-refractivity contribution >= 4 is 23.4 Å². The number of ether oxygens (including phenoxy) is 1. The van der Waals surface area contributed by atoms with Gasteiger partial charge in [0.1, 0.15) is 0 Å². The number of aromatic nitrogens is 2. The summed E-state index contributed by atoms with van der Waals surface area (Å²) in [7, 11) is 1.94. The Labute approximate surface area is 149 Å². The zero-order valence-electron chi connectivity index (χ0n) is 13.5. The number of benzene rings is 2. The zero-order valence-corrected chi connectivity index (χ0v) is 14.4. The third-order valence-corrected chi connectivity index (χ3v) is 4.43. The first kappa shape index (κ1) is 16.9. The van der Waals surface area contributed by atoms with E-state index >= 15 is 0 Å². The molecule has 128 valence electrons. The largest absolute Gasteiger partial charge is 0.504 e. The molecule has 25 heavy (non-hydrogen) atoms. The number of aromatic hydroxyl groups is 1. The van der Waals surface area contributed by atoms with Crippen LogP contribution in [0.3, 0.4) is 0 Å². The molecule has 0 atom stereocenters. The van der Waals surface area contributed by atoms with Crippen LogP contribution in [-0.2, 0) is 11.8 Å². The number of phenols is 1. The monoisotopic (exact) mass is 355 g/mol. The molecule has 2 aromatic carbocycles. The van der Waals surface area contributed by atoms with E-state index < -0.39 is 0 Å². The Hall–Kier alpha value is -2.93. The van der Waals surface area contributed by atoms with E-state index in [9.17, 15) is 9.90 Å². The molecule has 7 heteroatoms. The second kappa shape index (κ2) is 7.76. The fraction of sp³-hybridized carbons (Fsp3) is 0.111. The molecule has 0 aliphatic rings. The van der Waals surface area contributed by atoms with Gasteiger partial charge in [-0.1, -0.05) is 23.9 Å². The number of imidazole rings is 1. The van der Waals surface area contributed by atoms with Crippen molar-refractivity contribution < 1.29 is 14.6 Å². The summed E-state index contributed by atoms with van der Waals surface area (Å²) in [6, 6.07) is 14.0. The van der Waals surface area contributed by atoms with Crippen molar-refractivity contribution in [3.63, 3.8) is 0 Å². The van der Waals surface area contributed by atoms with Gasteiger partial charge >= 0.3 is 0 Å². The van der Waals surface area contributed by atoms with Crippen LogP contribution in [0.4, 0.5) is 5.69 Å². The molecule has 1 amide bonds. The summed E-state index contributed by atoms with van der Waals surface area (Å²) >= 11 is 1.54. The third-order valence-electron chi connectivity index (χ3n) is 3.35. The van der Waals surface area contributed by atoms with E-state index in [-0.39, 0.29) is 24.0 Å². The van der Waals surface area contributed by atoms with Crippen LogP contribution >= 0.6 is 11.8 Å². The number of nitrogens with zero attached hydrogens (tertiary/aromatic N) is 2. The van der Waals surface area contributed by atoms with Crippen LogP contribution in [0, 0.1) is 0 Å². The Balaban J connectivity index is 1.53. The molecule has 0 aliphatic heterocycles. The Kier molecular flexibility index (Phi) is 5.25. The number of anilines is 1. The Morgan fingerprint density at radius 2 is 2.00 bits per heavy atom. The number of para-hydroxylation sites is 2. The maximum absolute atomic E-state index is 11.9. The van der Waals surface area contributed by atoms with Gasteiger partial charge in [0, 0.05) is 30.0 Å². The summed E-state index contributed by atoms with van der Waals surface area (Å²) < 4.78 is 7.24. The fourth-order valence-electron chi connectivity index (χ4n) is 2.08. The van der Waals surface area contributed by atoms with Crippen molar-refractivity contribution in [2.75, 3.05) is 11.9 Å². The molecule has 0 saturated heterocycles. The van der Waals surface area contributed by atoms with Crippen molar-refractivity contribution in [1.82, 2.24) is 9.55 Å². The first-order valence-electron chi connectivity index (χ1n) is 7.58. The van der Waals surface area contributed by atoms with Gasteiger partial charge in [-0.2, -0.15) is 0 Å². The zero-order chi connectivity index (χ0) is 17.6. The lowest BCUT2D eigenvalue weighted by Gasteiger charge is -2.09. The van der Waals surface area contributed by atoms with E-state index in [0.29, 0.717) is 5.69 Å². The number of hydrogen-bond donors (Lipinski definition) is 2. The molecule has 0 bridgehead atoms. The highest BCUT2D eigenvalue weighted by atomic mass is 32.2. The number of carbonyl (C=O) groups is 1. The first-order valence-corrected chi connectivity index (χ1v) is 8.39. The van der Waals surface area contributed by atoms with Crippen LogP contribution in [0.5, 0.6) is 11.5 Å². The predicted octanol–water partition coefficient (Wildman–Crippen LogP) is 3.29. The van der Waals surface area contributed by atoms with Gasteiger partial charge in [-0.05, 0) is 36.4 Å². The van der Waals surface area contributed by atoms with Crippen LogP contribution in [0.2, 0.25) is 0 Å². The van der Waals surface area contributed by atoms with E-state index in [2.05, 4.69) is 10.3 Å². The smallest absolute Gasteiger partial charge is 0.262 e. The molecular weight excluding hydrogens is 338 g/mol. The number of phenolic OH excluding ortho intramolecular Hbond substituents is 1. The van der Waals surface area contributed by atoms with Gasteiger partial charge in [0.2, 0.25) is 0 Å². The number of amides is 1. The fourth-order valence-corrected chi connectivity index (χ4v) is 2.88. The van der Waals surface area contributed by atoms with Crippen LogP contribution in [0.25, 0.3) is 0 Å². The standard InChI is InChI=1S/C18H17N3O3S/c1-21-11-10-19-18(21)25-14-8-6-13(7-9-14)20-17(23)12-24-16-5-3-2-4-15(16)22/h2-11,22H,12H2,1H3,(H,20,23). The van der Waals surface area contributed by atoms with Gasteiger partial charge in [-0.3, -0.25) is 4.79 Å². The van der Waals surface area contributed by atoms with Crippen molar-refractivity contribution in [2.45, 2.75) is 10.1 Å². The summed E-state index contributed by atoms with van der Waals surface area (Å²) in [5.74, 6) is -0.0156. The molecule has 3 rings (SSSR count). The number of aryl methyl sites for hydroxylation is 1. The summed E-state index contributed by atoms with van der Waals surface area (Å²) in [6.07, 6.45) is 3.64. The summed E-state index contributed by atoms with van der Waals surface area (Å²) in [6.45, 7) is -0.179. The summed E-state index contributed by atoms with van der Waals surface area (Å²) in [4.78, 5) is 17.2.